The SMILES string of the molecule is CC(=S)OCC(CO)(COC(C)=S)COC(C)=S. The van der Waals surface area contributed by atoms with Crippen molar-refractivity contribution in [1.29, 1.82) is 0 Å². The van der Waals surface area contributed by atoms with Crippen LogP contribution in [0.4, 0.5) is 0 Å². The van der Waals surface area contributed by atoms with Gasteiger partial charge < -0.3 is 19.3 Å². The predicted octanol–water partition coefficient (Wildman–Crippen LogP) is 2.06. The maximum atomic E-state index is 9.55. The summed E-state index contributed by atoms with van der Waals surface area (Å²) < 4.78 is 15.9. The highest BCUT2D eigenvalue weighted by molar-refractivity contribution is 7.80. The first kappa shape index (κ1) is 17.6. The summed E-state index contributed by atoms with van der Waals surface area (Å²) in [6, 6.07) is 0. The molecule has 0 aromatic heterocycles. The Morgan fingerprint density at radius 2 is 1.11 bits per heavy atom. The third kappa shape index (κ3) is 7.86. The van der Waals surface area contributed by atoms with Crippen LogP contribution in [0, 0.1) is 5.41 Å². The van der Waals surface area contributed by atoms with E-state index in [1.165, 1.54) is 0 Å². The number of hydrogen-bond donors (Lipinski definition) is 1. The summed E-state index contributed by atoms with van der Waals surface area (Å²) in [5, 5.41) is 10.7. The van der Waals surface area contributed by atoms with Gasteiger partial charge in [-0.3, -0.25) is 0 Å². The van der Waals surface area contributed by atoms with E-state index in [0.717, 1.165) is 0 Å². The van der Waals surface area contributed by atoms with Crippen LogP contribution in [0.25, 0.3) is 0 Å². The second kappa shape index (κ2) is 8.68. The zero-order valence-electron chi connectivity index (χ0n) is 10.7. The van der Waals surface area contributed by atoms with Gasteiger partial charge in [0.15, 0.2) is 15.2 Å². The van der Waals surface area contributed by atoms with Crippen molar-refractivity contribution in [3.8, 4) is 0 Å². The topological polar surface area (TPSA) is 47.9 Å². The standard InChI is InChI=1S/C11H18O4S3/c1-8(16)13-5-11(4-12,6-14-9(2)17)7-15-10(3)18/h12H,4-7H2,1-3H3. The number of aliphatic hydroxyl groups is 1. The summed E-state index contributed by atoms with van der Waals surface area (Å²) >= 11 is 14.5. The molecule has 18 heavy (non-hydrogen) atoms. The maximum absolute atomic E-state index is 9.55. The molecule has 0 aromatic carbocycles. The Balaban J connectivity index is 4.63. The summed E-state index contributed by atoms with van der Waals surface area (Å²) in [7, 11) is 0. The minimum absolute atomic E-state index is 0.180. The molecule has 0 saturated carbocycles. The van der Waals surface area contributed by atoms with Crippen molar-refractivity contribution in [1.82, 2.24) is 0 Å². The summed E-state index contributed by atoms with van der Waals surface area (Å²) in [5.41, 5.74) is -0.736. The number of ether oxygens (including phenoxy) is 3. The molecule has 0 bridgehead atoms. The Bertz CT molecular complexity index is 272. The number of aliphatic hydroxyl groups excluding tert-OH is 1. The molecule has 0 amide bonds. The summed E-state index contributed by atoms with van der Waals surface area (Å²) in [6.45, 7) is 5.36. The van der Waals surface area contributed by atoms with Gasteiger partial charge in [-0.25, -0.2) is 0 Å². The largest absolute Gasteiger partial charge is 0.486 e. The number of thiocarbonyl (C=S) groups is 3. The normalized spacial score (nSPS) is 10.7. The molecule has 0 rings (SSSR count). The third-order valence-corrected chi connectivity index (χ3v) is 2.43. The molecule has 0 radical (unpaired) electrons. The van der Waals surface area contributed by atoms with Crippen molar-refractivity contribution in [2.45, 2.75) is 20.8 Å². The molecule has 0 saturated heterocycles. The quantitative estimate of drug-likeness (QED) is 0.722. The molecule has 0 aromatic rings. The molecule has 0 heterocycles. The van der Waals surface area contributed by atoms with Gasteiger partial charge in [0.2, 0.25) is 0 Å². The van der Waals surface area contributed by atoms with E-state index >= 15 is 0 Å². The first-order valence-corrected chi connectivity index (χ1v) is 6.55. The highest BCUT2D eigenvalue weighted by Crippen LogP contribution is 2.19. The maximum Gasteiger partial charge on any atom is 0.156 e. The second-order valence-electron chi connectivity index (χ2n) is 4.00. The molecule has 104 valence electrons. The molecular formula is C11H18O4S3. The third-order valence-electron chi connectivity index (χ3n) is 2.08. The Morgan fingerprint density at radius 3 is 1.28 bits per heavy atom. The molecule has 0 spiro atoms. The molecule has 0 aliphatic rings. The van der Waals surface area contributed by atoms with Crippen LogP contribution < -0.4 is 0 Å². The monoisotopic (exact) mass is 310 g/mol. The van der Waals surface area contributed by atoms with E-state index in [1.54, 1.807) is 20.8 Å². The van der Waals surface area contributed by atoms with Gasteiger partial charge in [0, 0.05) is 20.8 Å². The van der Waals surface area contributed by atoms with Crippen molar-refractivity contribution >= 4 is 51.8 Å². The zero-order valence-corrected chi connectivity index (χ0v) is 13.2. The minimum Gasteiger partial charge on any atom is -0.486 e. The number of rotatable bonds is 7. The van der Waals surface area contributed by atoms with Gasteiger partial charge in [-0.2, -0.15) is 0 Å². The fourth-order valence-corrected chi connectivity index (χ4v) is 1.20. The van der Waals surface area contributed by atoms with Crippen LogP contribution in [0.5, 0.6) is 0 Å². The Hall–Kier alpha value is -0.370. The van der Waals surface area contributed by atoms with Crippen molar-refractivity contribution in [2.24, 2.45) is 5.41 Å². The number of hydrogen-bond acceptors (Lipinski definition) is 7. The highest BCUT2D eigenvalue weighted by Gasteiger charge is 2.33. The van der Waals surface area contributed by atoms with Crippen LogP contribution in [0.1, 0.15) is 20.8 Å². The van der Waals surface area contributed by atoms with Crippen LogP contribution in [0.3, 0.4) is 0 Å². The van der Waals surface area contributed by atoms with E-state index in [2.05, 4.69) is 0 Å². The van der Waals surface area contributed by atoms with E-state index in [4.69, 9.17) is 50.9 Å². The Kier molecular flexibility index (Phi) is 8.51. The van der Waals surface area contributed by atoms with Crippen LogP contribution in [0.2, 0.25) is 0 Å². The van der Waals surface area contributed by atoms with E-state index in [-0.39, 0.29) is 26.4 Å². The Morgan fingerprint density at radius 1 is 0.833 bits per heavy atom. The van der Waals surface area contributed by atoms with Crippen molar-refractivity contribution in [3.63, 3.8) is 0 Å². The molecule has 0 aliphatic heterocycles. The lowest BCUT2D eigenvalue weighted by atomic mass is 9.92. The van der Waals surface area contributed by atoms with Gasteiger partial charge in [-0.15, -0.1) is 0 Å². The summed E-state index contributed by atoms with van der Waals surface area (Å²) in [6.07, 6.45) is 0. The molecular weight excluding hydrogens is 292 g/mol. The van der Waals surface area contributed by atoms with Crippen molar-refractivity contribution < 1.29 is 19.3 Å². The fourth-order valence-electron chi connectivity index (χ4n) is 1.03. The lowest BCUT2D eigenvalue weighted by Crippen LogP contribution is -2.41. The van der Waals surface area contributed by atoms with E-state index in [9.17, 15) is 5.11 Å². The van der Waals surface area contributed by atoms with Crippen LogP contribution in [-0.4, -0.2) is 46.7 Å². The molecule has 0 aliphatic carbocycles. The smallest absolute Gasteiger partial charge is 0.156 e. The van der Waals surface area contributed by atoms with Crippen LogP contribution in [0.15, 0.2) is 0 Å². The fraction of sp³-hybridized carbons (Fsp3) is 0.727. The average molecular weight is 310 g/mol. The first-order valence-electron chi connectivity index (χ1n) is 5.32. The zero-order chi connectivity index (χ0) is 14.2. The lowest BCUT2D eigenvalue weighted by molar-refractivity contribution is -0.0190. The van der Waals surface area contributed by atoms with E-state index < -0.39 is 5.41 Å². The molecule has 0 fully saturated rings. The first-order chi connectivity index (χ1) is 8.31. The van der Waals surface area contributed by atoms with E-state index in [1.807, 2.05) is 0 Å². The second-order valence-corrected chi connectivity index (χ2v) is 5.72. The van der Waals surface area contributed by atoms with Crippen LogP contribution in [-0.2, 0) is 14.2 Å². The average Bonchev–Trinajstić information content (AvgIpc) is 2.28. The summed E-state index contributed by atoms with van der Waals surface area (Å²) in [5.74, 6) is 0. The van der Waals surface area contributed by atoms with Gasteiger partial charge in [-0.1, -0.05) is 0 Å². The highest BCUT2D eigenvalue weighted by atomic mass is 32.1. The predicted molar refractivity (Wildman–Crippen MR) is 82.2 cm³/mol. The van der Waals surface area contributed by atoms with Gasteiger partial charge in [0.1, 0.15) is 19.8 Å². The van der Waals surface area contributed by atoms with Gasteiger partial charge >= 0.3 is 0 Å². The molecule has 4 nitrogen and oxygen atoms in total. The molecule has 7 heteroatoms. The Labute approximate surface area is 124 Å². The van der Waals surface area contributed by atoms with Crippen LogP contribution >= 0.6 is 36.7 Å². The van der Waals surface area contributed by atoms with Gasteiger partial charge in [0.25, 0.3) is 0 Å². The van der Waals surface area contributed by atoms with Gasteiger partial charge in [-0.05, 0) is 36.7 Å². The van der Waals surface area contributed by atoms with Crippen molar-refractivity contribution in [2.75, 3.05) is 26.4 Å². The van der Waals surface area contributed by atoms with Gasteiger partial charge in [0.05, 0.1) is 12.0 Å². The van der Waals surface area contributed by atoms with E-state index in [0.29, 0.717) is 15.2 Å². The lowest BCUT2D eigenvalue weighted by Gasteiger charge is -2.30. The van der Waals surface area contributed by atoms with Crippen molar-refractivity contribution in [3.05, 3.63) is 0 Å². The minimum atomic E-state index is -0.736. The molecule has 0 atom stereocenters. The summed E-state index contributed by atoms with van der Waals surface area (Å²) in [4.78, 5) is 0. The molecule has 0 unspecified atom stereocenters. The molecule has 1 N–H and O–H groups in total.